The summed E-state index contributed by atoms with van der Waals surface area (Å²) in [5.41, 5.74) is 2.25. The van der Waals surface area contributed by atoms with Crippen LogP contribution in [0.5, 0.6) is 11.5 Å². The fraction of sp³-hybridized carbons (Fsp3) is 0.0952. The molecule has 0 bridgehead atoms. The molecule has 0 saturated heterocycles. The molecule has 138 valence electrons. The summed E-state index contributed by atoms with van der Waals surface area (Å²) in [7, 11) is 1.55. The molecule has 0 unspecified atom stereocenters. The molecule has 0 atom stereocenters. The molecule has 1 N–H and O–H groups in total. The summed E-state index contributed by atoms with van der Waals surface area (Å²) in [5, 5.41) is 3.59. The van der Waals surface area contributed by atoms with Gasteiger partial charge in [0.25, 0.3) is 5.91 Å². The number of hydrogen-bond donors (Lipinski definition) is 1. The van der Waals surface area contributed by atoms with Gasteiger partial charge < -0.3 is 14.8 Å². The molecule has 4 nitrogen and oxygen atoms in total. The molecule has 0 aliphatic rings. The van der Waals surface area contributed by atoms with Gasteiger partial charge in [-0.2, -0.15) is 0 Å². The van der Waals surface area contributed by atoms with E-state index in [1.54, 1.807) is 25.3 Å². The number of benzene rings is 3. The molecular weight excluding hydrogens is 477 g/mol. The van der Waals surface area contributed by atoms with Crippen molar-refractivity contribution in [2.24, 2.45) is 0 Å². The minimum absolute atomic E-state index is 0.207. The number of ether oxygens (including phenoxy) is 2. The first kappa shape index (κ1) is 19.5. The molecule has 0 aromatic heterocycles. The monoisotopic (exact) mass is 493 g/mol. The first-order valence-corrected chi connectivity index (χ1v) is 9.63. The summed E-state index contributed by atoms with van der Waals surface area (Å²) >= 11 is 8.08. The normalized spacial score (nSPS) is 10.3. The molecule has 0 spiro atoms. The molecule has 3 rings (SSSR count). The van der Waals surface area contributed by atoms with Crippen LogP contribution in [0.3, 0.4) is 0 Å². The lowest BCUT2D eigenvalue weighted by Crippen LogP contribution is -2.13. The minimum atomic E-state index is -0.207. The highest BCUT2D eigenvalue weighted by atomic mass is 127. The van der Waals surface area contributed by atoms with E-state index in [1.165, 1.54) is 0 Å². The predicted octanol–water partition coefficient (Wildman–Crippen LogP) is 5.78. The second kappa shape index (κ2) is 9.10. The van der Waals surface area contributed by atoms with E-state index in [9.17, 15) is 4.79 Å². The van der Waals surface area contributed by atoms with Crippen LogP contribution in [0.1, 0.15) is 15.9 Å². The van der Waals surface area contributed by atoms with Crippen LogP contribution in [0.4, 0.5) is 5.69 Å². The Bertz CT molecular complexity index is 944. The van der Waals surface area contributed by atoms with E-state index in [0.29, 0.717) is 28.7 Å². The Morgan fingerprint density at radius 2 is 1.78 bits per heavy atom. The van der Waals surface area contributed by atoms with Gasteiger partial charge in [-0.3, -0.25) is 4.79 Å². The number of nitrogens with one attached hydrogen (secondary N) is 1. The van der Waals surface area contributed by atoms with Crippen LogP contribution < -0.4 is 14.8 Å². The largest absolute Gasteiger partial charge is 0.493 e. The summed E-state index contributed by atoms with van der Waals surface area (Å²) in [4.78, 5) is 12.5. The van der Waals surface area contributed by atoms with Crippen LogP contribution in [0.25, 0.3) is 0 Å². The number of rotatable bonds is 6. The molecule has 3 aromatic rings. The van der Waals surface area contributed by atoms with Crippen molar-refractivity contribution in [2.75, 3.05) is 12.4 Å². The number of amides is 1. The summed E-state index contributed by atoms with van der Waals surface area (Å²) in [6.45, 7) is 0.376. The first-order valence-electron chi connectivity index (χ1n) is 8.18. The Balaban J connectivity index is 1.72. The van der Waals surface area contributed by atoms with Gasteiger partial charge in [0.1, 0.15) is 6.61 Å². The third-order valence-electron chi connectivity index (χ3n) is 3.86. The molecule has 6 heteroatoms. The summed E-state index contributed by atoms with van der Waals surface area (Å²) in [5.74, 6) is 0.860. The van der Waals surface area contributed by atoms with Gasteiger partial charge in [0.05, 0.1) is 12.8 Å². The lowest BCUT2D eigenvalue weighted by atomic mass is 10.1. The quantitative estimate of drug-likeness (QED) is 0.443. The Morgan fingerprint density at radius 3 is 2.48 bits per heavy atom. The second-order valence-electron chi connectivity index (χ2n) is 5.71. The molecule has 0 aliphatic carbocycles. The van der Waals surface area contributed by atoms with Crippen molar-refractivity contribution in [3.05, 3.63) is 86.4 Å². The Hall–Kier alpha value is -2.25. The van der Waals surface area contributed by atoms with E-state index >= 15 is 0 Å². The van der Waals surface area contributed by atoms with Crippen LogP contribution in [0, 0.1) is 3.57 Å². The summed E-state index contributed by atoms with van der Waals surface area (Å²) < 4.78 is 12.2. The average Bonchev–Trinajstić information content (AvgIpc) is 2.69. The van der Waals surface area contributed by atoms with Crippen molar-refractivity contribution in [3.63, 3.8) is 0 Å². The van der Waals surface area contributed by atoms with E-state index in [-0.39, 0.29) is 5.91 Å². The lowest BCUT2D eigenvalue weighted by Gasteiger charge is -2.13. The Labute approximate surface area is 176 Å². The molecule has 3 aromatic carbocycles. The van der Waals surface area contributed by atoms with Gasteiger partial charge in [-0.15, -0.1) is 0 Å². The molecule has 1 amide bonds. The predicted molar refractivity (Wildman–Crippen MR) is 116 cm³/mol. The van der Waals surface area contributed by atoms with Gasteiger partial charge in [-0.05, 0) is 70.6 Å². The van der Waals surface area contributed by atoms with E-state index < -0.39 is 0 Å². The molecule has 0 radical (unpaired) electrons. The van der Waals surface area contributed by atoms with Gasteiger partial charge >= 0.3 is 0 Å². The number of anilines is 1. The Morgan fingerprint density at radius 1 is 1.04 bits per heavy atom. The van der Waals surface area contributed by atoms with Gasteiger partial charge in [0.15, 0.2) is 11.5 Å². The van der Waals surface area contributed by atoms with E-state index in [4.69, 9.17) is 21.1 Å². The minimum Gasteiger partial charge on any atom is -0.493 e. The average molecular weight is 494 g/mol. The van der Waals surface area contributed by atoms with Crippen molar-refractivity contribution >= 4 is 45.8 Å². The van der Waals surface area contributed by atoms with E-state index in [0.717, 1.165) is 14.8 Å². The highest BCUT2D eigenvalue weighted by Crippen LogP contribution is 2.29. The van der Waals surface area contributed by atoms with Crippen molar-refractivity contribution in [2.45, 2.75) is 6.61 Å². The fourth-order valence-electron chi connectivity index (χ4n) is 2.43. The van der Waals surface area contributed by atoms with Crippen molar-refractivity contribution in [3.8, 4) is 11.5 Å². The maximum Gasteiger partial charge on any atom is 0.255 e. The lowest BCUT2D eigenvalue weighted by molar-refractivity contribution is 0.102. The third-order valence-corrected chi connectivity index (χ3v) is 5.05. The van der Waals surface area contributed by atoms with Gasteiger partial charge in [0.2, 0.25) is 0 Å². The zero-order valence-electron chi connectivity index (χ0n) is 14.5. The number of carbonyl (C=O) groups excluding carboxylic acids is 1. The highest BCUT2D eigenvalue weighted by molar-refractivity contribution is 14.1. The maximum atomic E-state index is 12.5. The van der Waals surface area contributed by atoms with Crippen LogP contribution in [0.15, 0.2) is 66.7 Å². The first-order chi connectivity index (χ1) is 13.1. The standard InChI is InChI=1S/C21H17ClINO3/c1-26-20-12-15(21(25)24-18-5-3-2-4-17(18)23)8-11-19(20)27-13-14-6-9-16(22)10-7-14/h2-12H,13H2,1H3,(H,24,25). The number of hydrogen-bond acceptors (Lipinski definition) is 3. The maximum absolute atomic E-state index is 12.5. The van der Waals surface area contributed by atoms with Crippen LogP contribution in [-0.2, 0) is 6.61 Å². The Kier molecular flexibility index (Phi) is 6.58. The topological polar surface area (TPSA) is 47.6 Å². The van der Waals surface area contributed by atoms with Gasteiger partial charge in [0, 0.05) is 14.2 Å². The molecule has 0 saturated carbocycles. The number of carbonyl (C=O) groups is 1. The van der Waals surface area contributed by atoms with Crippen LogP contribution in [-0.4, -0.2) is 13.0 Å². The number of halogens is 2. The third kappa shape index (κ3) is 5.14. The molecule has 0 fully saturated rings. The SMILES string of the molecule is COc1cc(C(=O)Nc2ccccc2I)ccc1OCc1ccc(Cl)cc1. The summed E-state index contributed by atoms with van der Waals surface area (Å²) in [6, 6.07) is 20.2. The zero-order valence-corrected chi connectivity index (χ0v) is 17.5. The molecule has 27 heavy (non-hydrogen) atoms. The number of para-hydroxylation sites is 1. The number of methoxy groups -OCH3 is 1. The van der Waals surface area contributed by atoms with E-state index in [1.807, 2.05) is 48.5 Å². The van der Waals surface area contributed by atoms with Crippen molar-refractivity contribution < 1.29 is 14.3 Å². The highest BCUT2D eigenvalue weighted by Gasteiger charge is 2.12. The van der Waals surface area contributed by atoms with E-state index in [2.05, 4.69) is 27.9 Å². The van der Waals surface area contributed by atoms with Crippen molar-refractivity contribution in [1.29, 1.82) is 0 Å². The fourth-order valence-corrected chi connectivity index (χ4v) is 3.08. The summed E-state index contributed by atoms with van der Waals surface area (Å²) in [6.07, 6.45) is 0. The smallest absolute Gasteiger partial charge is 0.255 e. The van der Waals surface area contributed by atoms with Gasteiger partial charge in [-0.25, -0.2) is 0 Å². The van der Waals surface area contributed by atoms with Crippen LogP contribution in [0.2, 0.25) is 5.02 Å². The van der Waals surface area contributed by atoms with Crippen LogP contribution >= 0.6 is 34.2 Å². The molecule has 0 heterocycles. The van der Waals surface area contributed by atoms with Crippen molar-refractivity contribution in [1.82, 2.24) is 0 Å². The zero-order chi connectivity index (χ0) is 19.2. The second-order valence-corrected chi connectivity index (χ2v) is 7.31. The molecule has 0 aliphatic heterocycles. The van der Waals surface area contributed by atoms with Gasteiger partial charge in [-0.1, -0.05) is 35.9 Å². The molecular formula is C21H17ClINO3.